The number of sulfonamides is 1. The van der Waals surface area contributed by atoms with Crippen LogP contribution >= 0.6 is 12.4 Å². The van der Waals surface area contributed by atoms with Crippen molar-refractivity contribution in [3.05, 3.63) is 24.3 Å². The van der Waals surface area contributed by atoms with Crippen molar-refractivity contribution >= 4 is 32.3 Å². The van der Waals surface area contributed by atoms with E-state index in [4.69, 9.17) is 4.74 Å². The first kappa shape index (κ1) is 22.1. The van der Waals surface area contributed by atoms with Gasteiger partial charge in [-0.25, -0.2) is 21.6 Å². The fraction of sp³-hybridized carbons (Fsp3) is 0.538. The van der Waals surface area contributed by atoms with Crippen LogP contribution in [0.4, 0.5) is 0 Å². The maximum Gasteiger partial charge on any atom is 0.240 e. The SMILES string of the molecule is CCS(=O)(=O)CCOc1ccc(S(=O)(=O)NCCNC)cc1.Cl. The predicted octanol–water partition coefficient (Wildman–Crippen LogP) is 0.420. The Morgan fingerprint density at radius 1 is 1.04 bits per heavy atom. The first-order valence-electron chi connectivity index (χ1n) is 6.88. The minimum Gasteiger partial charge on any atom is -0.493 e. The van der Waals surface area contributed by atoms with Gasteiger partial charge in [0.1, 0.15) is 12.4 Å². The molecule has 134 valence electrons. The molecule has 23 heavy (non-hydrogen) atoms. The molecule has 2 N–H and O–H groups in total. The van der Waals surface area contributed by atoms with Crippen LogP contribution in [0, 0.1) is 0 Å². The van der Waals surface area contributed by atoms with Crippen LogP contribution in [-0.4, -0.2) is 55.1 Å². The monoisotopic (exact) mass is 386 g/mol. The van der Waals surface area contributed by atoms with Crippen LogP contribution in [-0.2, 0) is 19.9 Å². The molecule has 0 unspecified atom stereocenters. The number of ether oxygens (including phenoxy) is 1. The number of hydrogen-bond acceptors (Lipinski definition) is 6. The largest absolute Gasteiger partial charge is 0.493 e. The normalized spacial score (nSPS) is 11.7. The smallest absolute Gasteiger partial charge is 0.240 e. The maximum atomic E-state index is 11.9. The molecule has 1 aromatic carbocycles. The molecule has 0 aliphatic rings. The van der Waals surface area contributed by atoms with Crippen LogP contribution < -0.4 is 14.8 Å². The molecule has 0 spiro atoms. The zero-order valence-electron chi connectivity index (χ0n) is 13.1. The van der Waals surface area contributed by atoms with Crippen molar-refractivity contribution in [2.24, 2.45) is 0 Å². The van der Waals surface area contributed by atoms with Crippen LogP contribution in [0.3, 0.4) is 0 Å². The maximum absolute atomic E-state index is 11.9. The van der Waals surface area contributed by atoms with Crippen LogP contribution in [0.1, 0.15) is 6.92 Å². The molecule has 0 fully saturated rings. The third-order valence-electron chi connectivity index (χ3n) is 2.90. The van der Waals surface area contributed by atoms with Gasteiger partial charge in [-0.1, -0.05) is 6.92 Å². The van der Waals surface area contributed by atoms with E-state index in [2.05, 4.69) is 10.0 Å². The number of nitrogens with one attached hydrogen (secondary N) is 2. The summed E-state index contributed by atoms with van der Waals surface area (Å²) in [5.41, 5.74) is 0. The highest BCUT2D eigenvalue weighted by Crippen LogP contribution is 2.15. The second kappa shape index (κ2) is 10.1. The summed E-state index contributed by atoms with van der Waals surface area (Å²) < 4.78 is 54.3. The van der Waals surface area contributed by atoms with E-state index in [1.165, 1.54) is 24.3 Å². The summed E-state index contributed by atoms with van der Waals surface area (Å²) in [4.78, 5) is 0.136. The van der Waals surface area contributed by atoms with Gasteiger partial charge in [0, 0.05) is 18.8 Å². The van der Waals surface area contributed by atoms with E-state index < -0.39 is 19.9 Å². The lowest BCUT2D eigenvalue weighted by atomic mass is 10.3. The molecule has 0 atom stereocenters. The summed E-state index contributed by atoms with van der Waals surface area (Å²) >= 11 is 0. The summed E-state index contributed by atoms with van der Waals surface area (Å²) in [5, 5.41) is 2.84. The molecule has 0 aliphatic carbocycles. The topological polar surface area (TPSA) is 102 Å². The second-order valence-electron chi connectivity index (χ2n) is 4.56. The average molecular weight is 387 g/mol. The van der Waals surface area contributed by atoms with Crippen LogP contribution in [0.5, 0.6) is 5.75 Å². The highest BCUT2D eigenvalue weighted by molar-refractivity contribution is 7.91. The number of halogens is 1. The van der Waals surface area contributed by atoms with E-state index in [0.717, 1.165) is 0 Å². The van der Waals surface area contributed by atoms with Crippen LogP contribution in [0.2, 0.25) is 0 Å². The van der Waals surface area contributed by atoms with Gasteiger partial charge in [-0.3, -0.25) is 0 Å². The van der Waals surface area contributed by atoms with E-state index in [9.17, 15) is 16.8 Å². The molecule has 1 rings (SSSR count). The summed E-state index contributed by atoms with van der Waals surface area (Å²) in [6.45, 7) is 2.46. The van der Waals surface area contributed by atoms with Crippen molar-refractivity contribution in [2.75, 3.05) is 38.2 Å². The minimum atomic E-state index is -3.54. The summed E-state index contributed by atoms with van der Waals surface area (Å²) in [6, 6.07) is 5.85. The van der Waals surface area contributed by atoms with Crippen molar-refractivity contribution in [3.8, 4) is 5.75 Å². The molecule has 1 aromatic rings. The number of hydrogen-bond donors (Lipinski definition) is 2. The second-order valence-corrected chi connectivity index (χ2v) is 8.80. The Balaban J connectivity index is 0.00000484. The molecular formula is C13H23ClN2O5S2. The zero-order chi connectivity index (χ0) is 16.6. The number of rotatable bonds is 10. The standard InChI is InChI=1S/C13H22N2O5S2.ClH/c1-3-21(16,17)11-10-20-12-4-6-13(7-5-12)22(18,19)15-9-8-14-2;/h4-7,14-15H,3,8-11H2,1-2H3;1H. The molecule has 0 aromatic heterocycles. The van der Waals surface area contributed by atoms with Gasteiger partial charge in [0.05, 0.1) is 10.6 Å². The Morgan fingerprint density at radius 2 is 1.65 bits per heavy atom. The van der Waals surface area contributed by atoms with E-state index in [1.807, 2.05) is 0 Å². The zero-order valence-corrected chi connectivity index (χ0v) is 15.6. The number of sulfone groups is 1. The molecule has 0 bridgehead atoms. The van der Waals surface area contributed by atoms with Crippen molar-refractivity contribution in [2.45, 2.75) is 11.8 Å². The van der Waals surface area contributed by atoms with Crippen LogP contribution in [0.25, 0.3) is 0 Å². The average Bonchev–Trinajstić information content (AvgIpc) is 2.48. The predicted molar refractivity (Wildman–Crippen MR) is 92.6 cm³/mol. The fourth-order valence-corrected chi connectivity index (χ4v) is 3.20. The van der Waals surface area contributed by atoms with Gasteiger partial charge in [-0.15, -0.1) is 12.4 Å². The first-order valence-corrected chi connectivity index (χ1v) is 10.2. The summed E-state index contributed by atoms with van der Waals surface area (Å²) in [7, 11) is -4.87. The molecule has 0 amide bonds. The van der Waals surface area contributed by atoms with Gasteiger partial charge in [-0.05, 0) is 31.3 Å². The molecule has 0 radical (unpaired) electrons. The number of benzene rings is 1. The summed E-state index contributed by atoms with van der Waals surface area (Å²) in [5.74, 6) is 0.446. The minimum absolute atomic E-state index is 0. The van der Waals surface area contributed by atoms with Crippen LogP contribution in [0.15, 0.2) is 29.2 Å². The van der Waals surface area contributed by atoms with Gasteiger partial charge in [0.25, 0.3) is 0 Å². The van der Waals surface area contributed by atoms with E-state index in [0.29, 0.717) is 18.8 Å². The lowest BCUT2D eigenvalue weighted by Crippen LogP contribution is -2.30. The van der Waals surface area contributed by atoms with Gasteiger partial charge < -0.3 is 10.1 Å². The molecule has 0 aliphatic heterocycles. The fourth-order valence-electron chi connectivity index (χ4n) is 1.54. The van der Waals surface area contributed by atoms with E-state index in [-0.39, 0.29) is 35.4 Å². The Hall–Kier alpha value is -0.870. The quantitative estimate of drug-likeness (QED) is 0.565. The van der Waals surface area contributed by atoms with Gasteiger partial charge >= 0.3 is 0 Å². The van der Waals surface area contributed by atoms with Gasteiger partial charge in [0.2, 0.25) is 10.0 Å². The molecular weight excluding hydrogens is 364 g/mol. The molecule has 10 heteroatoms. The van der Waals surface area contributed by atoms with E-state index in [1.54, 1.807) is 14.0 Å². The highest BCUT2D eigenvalue weighted by Gasteiger charge is 2.13. The highest BCUT2D eigenvalue weighted by atomic mass is 35.5. The molecule has 0 saturated carbocycles. The van der Waals surface area contributed by atoms with Crippen molar-refractivity contribution < 1.29 is 21.6 Å². The Labute approximate surface area is 144 Å². The van der Waals surface area contributed by atoms with Crippen molar-refractivity contribution in [1.29, 1.82) is 0 Å². The molecule has 0 heterocycles. The molecule has 0 saturated heterocycles. The van der Waals surface area contributed by atoms with Gasteiger partial charge in [-0.2, -0.15) is 0 Å². The summed E-state index contributed by atoms with van der Waals surface area (Å²) in [6.07, 6.45) is 0. The molecule has 7 nitrogen and oxygen atoms in total. The Bertz CT molecular complexity index is 660. The first-order chi connectivity index (χ1) is 10.3. The van der Waals surface area contributed by atoms with Crippen molar-refractivity contribution in [3.63, 3.8) is 0 Å². The Kier molecular flexibility index (Phi) is 9.71. The van der Waals surface area contributed by atoms with Crippen molar-refractivity contribution in [1.82, 2.24) is 10.0 Å². The van der Waals surface area contributed by atoms with E-state index >= 15 is 0 Å². The lowest BCUT2D eigenvalue weighted by Gasteiger charge is -2.09. The third-order valence-corrected chi connectivity index (χ3v) is 6.05. The van der Waals surface area contributed by atoms with Gasteiger partial charge in [0.15, 0.2) is 9.84 Å². The Morgan fingerprint density at radius 3 is 2.17 bits per heavy atom. The number of likely N-dealkylation sites (N-methyl/N-ethyl adjacent to an activating group) is 1. The lowest BCUT2D eigenvalue weighted by molar-refractivity contribution is 0.340. The third kappa shape index (κ3) is 7.98.